The molecule has 1 nitrogen and oxygen atoms in total. The van der Waals surface area contributed by atoms with Crippen molar-refractivity contribution in [2.75, 3.05) is 0 Å². The number of rotatable bonds is 4. The minimum Gasteiger partial charge on any atom is -0.294 e. The lowest BCUT2D eigenvalue weighted by Crippen LogP contribution is -2.29. The van der Waals surface area contributed by atoms with Crippen LogP contribution < -0.4 is 0 Å². The Balaban J connectivity index is 2.26. The molecule has 0 atom stereocenters. The zero-order valence-electron chi connectivity index (χ0n) is 11.8. The van der Waals surface area contributed by atoms with E-state index in [1.54, 1.807) is 0 Å². The van der Waals surface area contributed by atoms with Gasteiger partial charge in [0.1, 0.15) is 0 Å². The van der Waals surface area contributed by atoms with Gasteiger partial charge >= 0.3 is 0 Å². The van der Waals surface area contributed by atoms with Gasteiger partial charge in [-0.2, -0.15) is 0 Å². The fraction of sp³-hybridized carbons (Fsp3) is 0.588. The van der Waals surface area contributed by atoms with Gasteiger partial charge in [0.25, 0.3) is 0 Å². The molecular formula is C17H24O. The molecule has 18 heavy (non-hydrogen) atoms. The maximum Gasteiger partial charge on any atom is 0.169 e. The van der Waals surface area contributed by atoms with Crippen LogP contribution in [0.4, 0.5) is 0 Å². The normalized spacial score (nSPS) is 18.2. The van der Waals surface area contributed by atoms with E-state index in [2.05, 4.69) is 20.8 Å². The molecule has 1 aliphatic rings. The zero-order valence-corrected chi connectivity index (χ0v) is 11.8. The van der Waals surface area contributed by atoms with Crippen molar-refractivity contribution < 1.29 is 4.79 Å². The minimum absolute atomic E-state index is 0.0660. The lowest BCUT2D eigenvalue weighted by atomic mass is 9.73. The summed E-state index contributed by atoms with van der Waals surface area (Å²) in [6.45, 7) is 6.51. The van der Waals surface area contributed by atoms with Gasteiger partial charge in [-0.05, 0) is 32.1 Å². The molecule has 0 spiro atoms. The molecule has 0 bridgehead atoms. The molecule has 0 unspecified atom stereocenters. The third-order valence-electron chi connectivity index (χ3n) is 4.16. The van der Waals surface area contributed by atoms with Gasteiger partial charge in [-0.3, -0.25) is 4.79 Å². The molecule has 98 valence electrons. The van der Waals surface area contributed by atoms with E-state index in [1.807, 2.05) is 24.3 Å². The molecular weight excluding hydrogens is 220 g/mol. The number of carbonyl (C=O) groups is 1. The van der Waals surface area contributed by atoms with E-state index in [-0.39, 0.29) is 5.41 Å². The molecule has 2 rings (SSSR count). The highest BCUT2D eigenvalue weighted by Gasteiger charge is 2.41. The highest BCUT2D eigenvalue weighted by molar-refractivity contribution is 6.00. The fourth-order valence-corrected chi connectivity index (χ4v) is 3.37. The average molecular weight is 244 g/mol. The van der Waals surface area contributed by atoms with Crippen LogP contribution >= 0.6 is 0 Å². The van der Waals surface area contributed by atoms with Gasteiger partial charge in [-0.1, -0.05) is 56.5 Å². The van der Waals surface area contributed by atoms with Crippen LogP contribution in [-0.2, 0) is 0 Å². The van der Waals surface area contributed by atoms with Gasteiger partial charge in [0.2, 0.25) is 0 Å². The van der Waals surface area contributed by atoms with Crippen LogP contribution in [0.2, 0.25) is 0 Å². The number of hydrogen-bond donors (Lipinski definition) is 0. The van der Waals surface area contributed by atoms with E-state index in [0.717, 1.165) is 24.8 Å². The van der Waals surface area contributed by atoms with Crippen molar-refractivity contribution in [3.63, 3.8) is 0 Å². The molecule has 1 aromatic carbocycles. The zero-order chi connectivity index (χ0) is 13.2. The SMILES string of the molecule is Cc1ccc(C(=O)C2(CC(C)C)CCCC2)cc1. The molecule has 0 aromatic heterocycles. The Morgan fingerprint density at radius 3 is 2.22 bits per heavy atom. The van der Waals surface area contributed by atoms with E-state index in [0.29, 0.717) is 11.7 Å². The first-order valence-corrected chi connectivity index (χ1v) is 7.15. The summed E-state index contributed by atoms with van der Waals surface area (Å²) in [4.78, 5) is 12.8. The van der Waals surface area contributed by atoms with Crippen molar-refractivity contribution in [3.8, 4) is 0 Å². The largest absolute Gasteiger partial charge is 0.294 e. The Morgan fingerprint density at radius 2 is 1.72 bits per heavy atom. The van der Waals surface area contributed by atoms with Crippen molar-refractivity contribution in [2.24, 2.45) is 11.3 Å². The van der Waals surface area contributed by atoms with Crippen molar-refractivity contribution >= 4 is 5.78 Å². The maximum absolute atomic E-state index is 12.8. The van der Waals surface area contributed by atoms with Crippen LogP contribution in [0.3, 0.4) is 0 Å². The van der Waals surface area contributed by atoms with Crippen molar-refractivity contribution in [3.05, 3.63) is 35.4 Å². The van der Waals surface area contributed by atoms with E-state index in [4.69, 9.17) is 0 Å². The van der Waals surface area contributed by atoms with E-state index >= 15 is 0 Å². The second-order valence-electron chi connectivity index (χ2n) is 6.28. The Hall–Kier alpha value is -1.11. The van der Waals surface area contributed by atoms with Crippen LogP contribution in [0.1, 0.15) is 61.9 Å². The first kappa shape index (κ1) is 13.3. The molecule has 0 amide bonds. The van der Waals surface area contributed by atoms with Crippen LogP contribution in [0.25, 0.3) is 0 Å². The Bertz CT molecular complexity index is 408. The van der Waals surface area contributed by atoms with E-state index < -0.39 is 0 Å². The molecule has 0 radical (unpaired) electrons. The van der Waals surface area contributed by atoms with Gasteiger partial charge < -0.3 is 0 Å². The molecule has 1 aliphatic carbocycles. The lowest BCUT2D eigenvalue weighted by molar-refractivity contribution is 0.0760. The minimum atomic E-state index is -0.0660. The molecule has 1 aromatic rings. The van der Waals surface area contributed by atoms with E-state index in [9.17, 15) is 4.79 Å². The number of carbonyl (C=O) groups excluding carboxylic acids is 1. The van der Waals surface area contributed by atoms with Gasteiger partial charge in [0.15, 0.2) is 5.78 Å². The monoisotopic (exact) mass is 244 g/mol. The second-order valence-corrected chi connectivity index (χ2v) is 6.28. The molecule has 1 heteroatoms. The summed E-state index contributed by atoms with van der Waals surface area (Å²) in [5.41, 5.74) is 2.06. The van der Waals surface area contributed by atoms with Crippen LogP contribution in [0.5, 0.6) is 0 Å². The average Bonchev–Trinajstić information content (AvgIpc) is 2.78. The molecule has 0 aliphatic heterocycles. The number of ketones is 1. The van der Waals surface area contributed by atoms with Gasteiger partial charge in [0.05, 0.1) is 0 Å². The predicted molar refractivity (Wildman–Crippen MR) is 75.9 cm³/mol. The third-order valence-corrected chi connectivity index (χ3v) is 4.16. The number of aryl methyl sites for hydroxylation is 1. The summed E-state index contributed by atoms with van der Waals surface area (Å²) in [7, 11) is 0. The fourth-order valence-electron chi connectivity index (χ4n) is 3.37. The highest BCUT2D eigenvalue weighted by Crippen LogP contribution is 2.45. The van der Waals surface area contributed by atoms with Crippen LogP contribution in [-0.4, -0.2) is 5.78 Å². The second kappa shape index (κ2) is 5.26. The molecule has 0 heterocycles. The number of benzene rings is 1. The molecule has 1 saturated carbocycles. The van der Waals surface area contributed by atoms with Gasteiger partial charge in [-0.15, -0.1) is 0 Å². The Labute approximate surface area is 111 Å². The summed E-state index contributed by atoms with van der Waals surface area (Å²) < 4.78 is 0. The standard InChI is InChI=1S/C17H24O/c1-13(2)12-17(10-4-5-11-17)16(18)15-8-6-14(3)7-9-15/h6-9,13H,4-5,10-12H2,1-3H3. The molecule has 0 N–H and O–H groups in total. The summed E-state index contributed by atoms with van der Waals surface area (Å²) in [5, 5.41) is 0. The summed E-state index contributed by atoms with van der Waals surface area (Å²) >= 11 is 0. The van der Waals surface area contributed by atoms with Gasteiger partial charge in [0, 0.05) is 11.0 Å². The predicted octanol–water partition coefficient (Wildman–Crippen LogP) is 4.78. The van der Waals surface area contributed by atoms with Crippen molar-refractivity contribution in [2.45, 2.75) is 52.9 Å². The van der Waals surface area contributed by atoms with Crippen molar-refractivity contribution in [1.29, 1.82) is 0 Å². The maximum atomic E-state index is 12.8. The topological polar surface area (TPSA) is 17.1 Å². The summed E-state index contributed by atoms with van der Waals surface area (Å²) in [6, 6.07) is 8.09. The Morgan fingerprint density at radius 1 is 1.17 bits per heavy atom. The summed E-state index contributed by atoms with van der Waals surface area (Å²) in [5.74, 6) is 0.978. The smallest absolute Gasteiger partial charge is 0.169 e. The number of hydrogen-bond acceptors (Lipinski definition) is 1. The quantitative estimate of drug-likeness (QED) is 0.696. The lowest BCUT2D eigenvalue weighted by Gasteiger charge is -2.29. The van der Waals surface area contributed by atoms with E-state index in [1.165, 1.54) is 18.4 Å². The van der Waals surface area contributed by atoms with Crippen molar-refractivity contribution in [1.82, 2.24) is 0 Å². The highest BCUT2D eigenvalue weighted by atomic mass is 16.1. The third kappa shape index (κ3) is 2.66. The molecule has 1 fully saturated rings. The summed E-state index contributed by atoms with van der Waals surface area (Å²) in [6.07, 6.45) is 5.63. The number of Topliss-reactive ketones (excluding diaryl/α,β-unsaturated/α-hetero) is 1. The van der Waals surface area contributed by atoms with Crippen LogP contribution in [0.15, 0.2) is 24.3 Å². The molecule has 0 saturated heterocycles. The van der Waals surface area contributed by atoms with Crippen LogP contribution in [0, 0.1) is 18.3 Å². The first-order chi connectivity index (χ1) is 8.53. The van der Waals surface area contributed by atoms with Gasteiger partial charge in [-0.25, -0.2) is 0 Å². The Kier molecular flexibility index (Phi) is 3.89. The first-order valence-electron chi connectivity index (χ1n) is 7.15.